The van der Waals surface area contributed by atoms with Crippen molar-refractivity contribution in [1.29, 1.82) is 10.7 Å². The predicted octanol–water partition coefficient (Wildman–Crippen LogP) is 2.09. The Kier molecular flexibility index (Phi) is 5.40. The van der Waals surface area contributed by atoms with Gasteiger partial charge in [0.15, 0.2) is 4.98 Å². The first kappa shape index (κ1) is 12.0. The van der Waals surface area contributed by atoms with Gasteiger partial charge < -0.3 is 10.6 Å². The highest BCUT2D eigenvalue weighted by Gasteiger charge is 2.01. The van der Waals surface area contributed by atoms with Gasteiger partial charge in [-0.15, -0.1) is 0 Å². The lowest BCUT2D eigenvalue weighted by molar-refractivity contribution is 0.711. The Morgan fingerprint density at radius 1 is 1.12 bits per heavy atom. The molecule has 0 aromatic heterocycles. The van der Waals surface area contributed by atoms with E-state index in [4.69, 9.17) is 10.7 Å². The van der Waals surface area contributed by atoms with Crippen LogP contribution in [0.4, 0.5) is 11.4 Å². The predicted molar refractivity (Wildman–Crippen MR) is 62.8 cm³/mol. The Balaban J connectivity index is 2.18. The van der Waals surface area contributed by atoms with Crippen molar-refractivity contribution in [2.24, 2.45) is 0 Å². The minimum absolute atomic E-state index is 0.534. The Morgan fingerprint density at radius 2 is 1.88 bits per heavy atom. The molecule has 2 N–H and O–H groups in total. The molecule has 0 bridgehead atoms. The van der Waals surface area contributed by atoms with E-state index in [0.717, 1.165) is 25.3 Å². The molecule has 5 heteroatoms. The van der Waals surface area contributed by atoms with Crippen molar-refractivity contribution >= 4 is 11.4 Å². The fourth-order valence-electron chi connectivity index (χ4n) is 1.21. The summed E-state index contributed by atoms with van der Waals surface area (Å²) in [7, 11) is 0. The highest BCUT2D eigenvalue weighted by molar-refractivity contribution is 5.53. The summed E-state index contributed by atoms with van der Waals surface area (Å²) in [6, 6.07) is 9.23. The van der Waals surface area contributed by atoms with Gasteiger partial charge in [0.2, 0.25) is 5.39 Å². The maximum Gasteiger partial charge on any atom is 0.385 e. The van der Waals surface area contributed by atoms with Crippen LogP contribution < -0.4 is 10.6 Å². The summed E-state index contributed by atoms with van der Waals surface area (Å²) in [5, 5.41) is 23.1. The average molecular weight is 216 g/mol. The van der Waals surface area contributed by atoms with Gasteiger partial charge in [-0.1, -0.05) is 0 Å². The molecule has 0 amide bonds. The quantitative estimate of drug-likeness (QED) is 0.564. The van der Waals surface area contributed by atoms with E-state index in [9.17, 15) is 0 Å². The van der Waals surface area contributed by atoms with E-state index in [2.05, 4.69) is 21.7 Å². The third kappa shape index (κ3) is 4.41. The van der Waals surface area contributed by atoms with Crippen LogP contribution in [0.25, 0.3) is 4.98 Å². The first-order valence-electron chi connectivity index (χ1n) is 5.13. The summed E-state index contributed by atoms with van der Waals surface area (Å²) in [6.45, 7) is 2.33. The molecular formula is C11H14N5+. The normalized spacial score (nSPS) is 9.12. The van der Waals surface area contributed by atoms with Gasteiger partial charge >= 0.3 is 5.69 Å². The molecular weight excluding hydrogens is 202 g/mol. The van der Waals surface area contributed by atoms with Crippen LogP contribution in [0, 0.1) is 16.7 Å². The summed E-state index contributed by atoms with van der Waals surface area (Å²) in [5.74, 6) is 0. The smallest absolute Gasteiger partial charge is 0.384 e. The molecule has 0 unspecified atom stereocenters. The number of hydrogen-bond donors (Lipinski definition) is 2. The van der Waals surface area contributed by atoms with Crippen LogP contribution in [0.3, 0.4) is 0 Å². The molecule has 82 valence electrons. The van der Waals surface area contributed by atoms with Gasteiger partial charge in [0, 0.05) is 43.9 Å². The standard InChI is InChI=1S/C11H14N5/c12-6-1-7-14-8-9-15-10-2-4-11(16-13)5-3-10/h2-5,14-15H,1,7-9H2/q+1. The van der Waals surface area contributed by atoms with Crippen molar-refractivity contribution in [3.05, 3.63) is 29.2 Å². The molecule has 0 heterocycles. The van der Waals surface area contributed by atoms with Gasteiger partial charge in [0.05, 0.1) is 6.07 Å². The molecule has 0 aliphatic carbocycles. The van der Waals surface area contributed by atoms with Crippen molar-refractivity contribution in [2.75, 3.05) is 25.0 Å². The largest absolute Gasteiger partial charge is 0.385 e. The zero-order valence-corrected chi connectivity index (χ0v) is 8.98. The van der Waals surface area contributed by atoms with E-state index in [1.165, 1.54) is 0 Å². The lowest BCUT2D eigenvalue weighted by atomic mass is 10.3. The molecule has 16 heavy (non-hydrogen) atoms. The van der Waals surface area contributed by atoms with Gasteiger partial charge in [-0.05, 0) is 12.1 Å². The summed E-state index contributed by atoms with van der Waals surface area (Å²) in [6.07, 6.45) is 0.534. The van der Waals surface area contributed by atoms with Crippen LogP contribution in [-0.4, -0.2) is 19.6 Å². The molecule has 0 fully saturated rings. The third-order valence-corrected chi connectivity index (χ3v) is 2.03. The average Bonchev–Trinajstić information content (AvgIpc) is 2.34. The highest BCUT2D eigenvalue weighted by atomic mass is 14.9. The molecule has 0 radical (unpaired) electrons. The number of rotatable bonds is 6. The summed E-state index contributed by atoms with van der Waals surface area (Å²) < 4.78 is 0. The van der Waals surface area contributed by atoms with E-state index in [0.29, 0.717) is 12.1 Å². The first-order valence-corrected chi connectivity index (χ1v) is 5.13. The van der Waals surface area contributed by atoms with Gasteiger partial charge in [0.1, 0.15) is 0 Å². The lowest BCUT2D eigenvalue weighted by Gasteiger charge is -2.05. The molecule has 0 spiro atoms. The van der Waals surface area contributed by atoms with E-state index >= 15 is 0 Å². The van der Waals surface area contributed by atoms with Crippen molar-refractivity contribution < 1.29 is 0 Å². The zero-order valence-electron chi connectivity index (χ0n) is 8.98. The van der Waals surface area contributed by atoms with Gasteiger partial charge in [-0.2, -0.15) is 5.26 Å². The fraction of sp³-hybridized carbons (Fsp3) is 0.364. The minimum Gasteiger partial charge on any atom is -0.384 e. The van der Waals surface area contributed by atoms with Crippen molar-refractivity contribution in [3.8, 4) is 6.07 Å². The zero-order chi connectivity index (χ0) is 11.6. The van der Waals surface area contributed by atoms with Crippen molar-refractivity contribution in [3.63, 3.8) is 0 Å². The molecule has 0 saturated heterocycles. The second kappa shape index (κ2) is 7.22. The molecule has 0 aliphatic heterocycles. The van der Waals surface area contributed by atoms with Crippen molar-refractivity contribution in [1.82, 2.24) is 5.32 Å². The molecule has 0 aliphatic rings. The summed E-state index contributed by atoms with van der Waals surface area (Å²) in [5.41, 5.74) is 1.52. The lowest BCUT2D eigenvalue weighted by Crippen LogP contribution is -2.22. The number of hydrogen-bond acceptors (Lipinski definition) is 4. The number of nitrogens with zero attached hydrogens (tertiary/aromatic N) is 3. The number of anilines is 1. The second-order valence-electron chi connectivity index (χ2n) is 3.23. The highest BCUT2D eigenvalue weighted by Crippen LogP contribution is 2.15. The summed E-state index contributed by atoms with van der Waals surface area (Å²) in [4.78, 5) is 3.07. The molecule has 0 saturated carbocycles. The SMILES string of the molecule is N#CCCNCCNc1ccc([N+]#N)cc1. The first-order chi connectivity index (χ1) is 7.86. The van der Waals surface area contributed by atoms with Crippen LogP contribution in [0.5, 0.6) is 0 Å². The fourth-order valence-corrected chi connectivity index (χ4v) is 1.21. The van der Waals surface area contributed by atoms with Crippen LogP contribution in [-0.2, 0) is 0 Å². The second-order valence-corrected chi connectivity index (χ2v) is 3.23. The number of nitriles is 1. The molecule has 5 nitrogen and oxygen atoms in total. The topological polar surface area (TPSA) is 76.0 Å². The number of nitrogens with one attached hydrogen (secondary N) is 2. The van der Waals surface area contributed by atoms with Gasteiger partial charge in [-0.25, -0.2) is 0 Å². The number of benzene rings is 1. The summed E-state index contributed by atoms with van der Waals surface area (Å²) >= 11 is 0. The van der Waals surface area contributed by atoms with E-state index in [-0.39, 0.29) is 0 Å². The minimum atomic E-state index is 0.534. The van der Waals surface area contributed by atoms with Gasteiger partial charge in [-0.3, -0.25) is 0 Å². The van der Waals surface area contributed by atoms with E-state index in [1.807, 2.05) is 12.1 Å². The third-order valence-electron chi connectivity index (χ3n) is 2.03. The Hall–Kier alpha value is -2.11. The number of diazo groups is 1. The van der Waals surface area contributed by atoms with Crippen LogP contribution in [0.15, 0.2) is 24.3 Å². The Labute approximate surface area is 94.7 Å². The van der Waals surface area contributed by atoms with Gasteiger partial charge in [0.25, 0.3) is 0 Å². The van der Waals surface area contributed by atoms with Crippen LogP contribution in [0.1, 0.15) is 6.42 Å². The molecule has 1 aromatic carbocycles. The maximum absolute atomic E-state index is 8.49. The Morgan fingerprint density at radius 3 is 2.50 bits per heavy atom. The van der Waals surface area contributed by atoms with E-state index in [1.54, 1.807) is 12.1 Å². The Bertz CT molecular complexity index is 384. The van der Waals surface area contributed by atoms with Crippen LogP contribution in [0.2, 0.25) is 0 Å². The van der Waals surface area contributed by atoms with Crippen molar-refractivity contribution in [2.45, 2.75) is 6.42 Å². The molecule has 0 atom stereocenters. The van der Waals surface area contributed by atoms with Crippen LogP contribution >= 0.6 is 0 Å². The maximum atomic E-state index is 8.49. The molecule has 1 rings (SSSR count). The van der Waals surface area contributed by atoms with E-state index < -0.39 is 0 Å². The molecule has 1 aromatic rings. The monoisotopic (exact) mass is 216 g/mol.